The quantitative estimate of drug-likeness (QED) is 0.745. The third-order valence-corrected chi connectivity index (χ3v) is 4.15. The van der Waals surface area contributed by atoms with E-state index >= 15 is 0 Å². The Morgan fingerprint density at radius 1 is 1.26 bits per heavy atom. The Balaban J connectivity index is 2.09. The molecule has 0 bridgehead atoms. The largest absolute Gasteiger partial charge is 0.354 e. The lowest BCUT2D eigenvalue weighted by atomic mass is 10.2. The van der Waals surface area contributed by atoms with Crippen LogP contribution in [0.3, 0.4) is 0 Å². The molecule has 0 aliphatic carbocycles. The van der Waals surface area contributed by atoms with Crippen LogP contribution in [0.15, 0.2) is 40.0 Å². The molecule has 0 aliphatic heterocycles. The normalized spacial score (nSPS) is 10.8. The van der Waals surface area contributed by atoms with Gasteiger partial charge in [0.2, 0.25) is 5.95 Å². The zero-order valence-electron chi connectivity index (χ0n) is 10.2. The van der Waals surface area contributed by atoms with Crippen molar-refractivity contribution < 1.29 is 0 Å². The summed E-state index contributed by atoms with van der Waals surface area (Å²) < 4.78 is 4.89. The number of anilines is 1. The fraction of sp³-hybridized carbons (Fsp3) is 0.167. The fourth-order valence-corrected chi connectivity index (χ4v) is 3.13. The van der Waals surface area contributed by atoms with Crippen molar-refractivity contribution >= 4 is 40.1 Å². The van der Waals surface area contributed by atoms with Gasteiger partial charge in [-0.1, -0.05) is 18.2 Å². The van der Waals surface area contributed by atoms with Crippen molar-refractivity contribution in [2.24, 2.45) is 0 Å². The summed E-state index contributed by atoms with van der Waals surface area (Å²) in [7, 11) is 0. The van der Waals surface area contributed by atoms with Gasteiger partial charge in [-0.3, -0.25) is 0 Å². The maximum absolute atomic E-state index is 4.55. The molecule has 0 fully saturated rings. The molecule has 0 saturated heterocycles. The highest BCUT2D eigenvalue weighted by Gasteiger charge is 2.10. The summed E-state index contributed by atoms with van der Waals surface area (Å²) in [5.74, 6) is 0.646. The second-order valence-corrected chi connectivity index (χ2v) is 5.73. The first kappa shape index (κ1) is 12.3. The van der Waals surface area contributed by atoms with E-state index in [1.807, 2.05) is 31.2 Å². The van der Waals surface area contributed by atoms with Crippen molar-refractivity contribution in [3.63, 3.8) is 0 Å². The summed E-state index contributed by atoms with van der Waals surface area (Å²) in [6.45, 7) is 2.82. The number of fused-ring (bicyclic) bond motifs is 1. The number of hydrogen-bond acceptors (Lipinski definition) is 7. The highest BCUT2D eigenvalue weighted by atomic mass is 32.2. The molecule has 7 heteroatoms. The molecular weight excluding hydrogens is 278 g/mol. The second kappa shape index (κ2) is 5.50. The van der Waals surface area contributed by atoms with Gasteiger partial charge in [0.1, 0.15) is 11.4 Å². The molecule has 3 rings (SSSR count). The Hall–Kier alpha value is -1.73. The van der Waals surface area contributed by atoms with E-state index in [1.54, 1.807) is 6.33 Å². The molecule has 96 valence electrons. The summed E-state index contributed by atoms with van der Waals surface area (Å²) in [5.41, 5.74) is 0.931. The van der Waals surface area contributed by atoms with Crippen molar-refractivity contribution in [3.8, 4) is 0 Å². The van der Waals surface area contributed by atoms with Crippen LogP contribution in [0.5, 0.6) is 0 Å². The summed E-state index contributed by atoms with van der Waals surface area (Å²) in [6.07, 6.45) is 1.56. The lowest BCUT2D eigenvalue weighted by Gasteiger charge is -2.07. The molecule has 1 N–H and O–H groups in total. The van der Waals surface area contributed by atoms with Crippen molar-refractivity contribution in [3.05, 3.63) is 30.6 Å². The highest BCUT2D eigenvalue weighted by Crippen LogP contribution is 2.32. The van der Waals surface area contributed by atoms with Crippen LogP contribution in [0.4, 0.5) is 5.95 Å². The van der Waals surface area contributed by atoms with Gasteiger partial charge in [-0.2, -0.15) is 4.37 Å². The van der Waals surface area contributed by atoms with Crippen molar-refractivity contribution in [2.45, 2.75) is 16.3 Å². The van der Waals surface area contributed by atoms with E-state index in [0.717, 1.165) is 26.8 Å². The first-order valence-electron chi connectivity index (χ1n) is 5.82. The van der Waals surface area contributed by atoms with Crippen molar-refractivity contribution in [2.75, 3.05) is 11.9 Å². The molecule has 0 radical (unpaired) electrons. The molecule has 0 atom stereocenters. The van der Waals surface area contributed by atoms with E-state index in [0.29, 0.717) is 5.95 Å². The minimum absolute atomic E-state index is 0.646. The number of rotatable bonds is 4. The molecule has 0 unspecified atom stereocenters. The van der Waals surface area contributed by atoms with Crippen LogP contribution in [0.25, 0.3) is 10.9 Å². The third kappa shape index (κ3) is 2.66. The van der Waals surface area contributed by atoms with Crippen molar-refractivity contribution in [1.82, 2.24) is 19.3 Å². The van der Waals surface area contributed by atoms with Crippen LogP contribution in [0.1, 0.15) is 6.92 Å². The first-order valence-corrected chi connectivity index (χ1v) is 7.41. The van der Waals surface area contributed by atoms with E-state index in [9.17, 15) is 0 Å². The minimum Gasteiger partial charge on any atom is -0.354 e. The smallest absolute Gasteiger partial charge is 0.224 e. The van der Waals surface area contributed by atoms with Gasteiger partial charge < -0.3 is 5.32 Å². The predicted molar refractivity (Wildman–Crippen MR) is 77.7 cm³/mol. The minimum atomic E-state index is 0.646. The Labute approximate surface area is 118 Å². The number of para-hydroxylation sites is 1. The fourth-order valence-electron chi connectivity index (χ4n) is 1.65. The topological polar surface area (TPSA) is 63.6 Å². The Morgan fingerprint density at radius 2 is 2.16 bits per heavy atom. The SMILES string of the molecule is CCNc1nc(Sc2ncns2)c2ccccc2n1. The predicted octanol–water partition coefficient (Wildman–Crippen LogP) is 3.06. The van der Waals surface area contributed by atoms with Crippen LogP contribution in [0, 0.1) is 0 Å². The van der Waals surface area contributed by atoms with E-state index in [-0.39, 0.29) is 0 Å². The standard InChI is InChI=1S/C12H11N5S2/c1-2-13-11-16-9-6-4-3-5-8(9)10(17-11)18-12-14-7-15-19-12/h3-7H,2H2,1H3,(H,13,16,17). The van der Waals surface area contributed by atoms with E-state index in [4.69, 9.17) is 0 Å². The van der Waals surface area contributed by atoms with E-state index in [1.165, 1.54) is 23.3 Å². The average Bonchev–Trinajstić information content (AvgIpc) is 2.92. The van der Waals surface area contributed by atoms with Crippen LogP contribution in [-0.2, 0) is 0 Å². The number of nitrogens with zero attached hydrogens (tertiary/aromatic N) is 4. The maximum atomic E-state index is 4.55. The molecule has 1 aromatic carbocycles. The average molecular weight is 289 g/mol. The van der Waals surface area contributed by atoms with Gasteiger partial charge in [0.05, 0.1) is 5.52 Å². The zero-order chi connectivity index (χ0) is 13.1. The van der Waals surface area contributed by atoms with Gasteiger partial charge in [-0.15, -0.1) is 0 Å². The third-order valence-electron chi connectivity index (χ3n) is 2.43. The van der Waals surface area contributed by atoms with E-state index in [2.05, 4.69) is 24.6 Å². The summed E-state index contributed by atoms with van der Waals surface area (Å²) in [4.78, 5) is 13.2. The molecule has 5 nitrogen and oxygen atoms in total. The van der Waals surface area contributed by atoms with Gasteiger partial charge in [0.15, 0.2) is 4.34 Å². The summed E-state index contributed by atoms with van der Waals surface area (Å²) in [6, 6.07) is 7.98. The highest BCUT2D eigenvalue weighted by molar-refractivity contribution is 8.01. The second-order valence-electron chi connectivity index (χ2n) is 3.71. The number of nitrogens with one attached hydrogen (secondary N) is 1. The van der Waals surface area contributed by atoms with Gasteiger partial charge in [-0.05, 0) is 36.3 Å². The van der Waals surface area contributed by atoms with Gasteiger partial charge in [-0.25, -0.2) is 15.0 Å². The van der Waals surface area contributed by atoms with Crippen LogP contribution in [-0.4, -0.2) is 25.9 Å². The number of aromatic nitrogens is 4. The van der Waals surface area contributed by atoms with Crippen molar-refractivity contribution in [1.29, 1.82) is 0 Å². The summed E-state index contributed by atoms with van der Waals surface area (Å²) in [5, 5.41) is 5.08. The molecule has 2 aromatic heterocycles. The molecule has 19 heavy (non-hydrogen) atoms. The molecule has 0 aliphatic rings. The molecule has 3 aromatic rings. The summed E-state index contributed by atoms with van der Waals surface area (Å²) >= 11 is 2.88. The Kier molecular flexibility index (Phi) is 3.56. The van der Waals surface area contributed by atoms with Crippen LogP contribution < -0.4 is 5.32 Å². The van der Waals surface area contributed by atoms with Gasteiger partial charge in [0.25, 0.3) is 0 Å². The molecular formula is C12H11N5S2. The Bertz CT molecular complexity index is 684. The maximum Gasteiger partial charge on any atom is 0.224 e. The monoisotopic (exact) mass is 289 g/mol. The van der Waals surface area contributed by atoms with Crippen LogP contribution in [0.2, 0.25) is 0 Å². The van der Waals surface area contributed by atoms with Gasteiger partial charge in [0, 0.05) is 11.9 Å². The molecule has 0 spiro atoms. The molecule has 0 amide bonds. The van der Waals surface area contributed by atoms with Gasteiger partial charge >= 0.3 is 0 Å². The zero-order valence-corrected chi connectivity index (χ0v) is 11.8. The lowest BCUT2D eigenvalue weighted by molar-refractivity contribution is 1.05. The number of benzene rings is 1. The van der Waals surface area contributed by atoms with E-state index < -0.39 is 0 Å². The number of hydrogen-bond donors (Lipinski definition) is 1. The lowest BCUT2D eigenvalue weighted by Crippen LogP contribution is -2.03. The van der Waals surface area contributed by atoms with Crippen LogP contribution >= 0.6 is 23.3 Å². The first-order chi connectivity index (χ1) is 9.36. The Morgan fingerprint density at radius 3 is 2.95 bits per heavy atom. The molecule has 0 saturated carbocycles. The molecule has 2 heterocycles.